The number of ether oxygens (including phenoxy) is 2. The zero-order chi connectivity index (χ0) is 19.4. The predicted octanol–water partition coefficient (Wildman–Crippen LogP) is 2.97. The van der Waals surface area contributed by atoms with Gasteiger partial charge in [-0.3, -0.25) is 0 Å². The Bertz CT molecular complexity index is 824. The summed E-state index contributed by atoms with van der Waals surface area (Å²) in [4.78, 5) is 0. The second-order valence-corrected chi connectivity index (χ2v) is 4.31. The smallest absolute Gasteiger partial charge is 0.402 e. The van der Waals surface area contributed by atoms with Crippen LogP contribution in [0.25, 0.3) is 5.57 Å². The maximum absolute atomic E-state index is 12.4. The fourth-order valence-corrected chi connectivity index (χ4v) is 1.59. The van der Waals surface area contributed by atoms with E-state index in [0.717, 1.165) is 12.3 Å². The molecule has 0 unspecified atom stereocenters. The molecule has 2 aromatic rings. The largest absolute Gasteiger partial charge is 0.573 e. The van der Waals surface area contributed by atoms with Gasteiger partial charge >= 0.3 is 12.7 Å². The third-order valence-corrected chi connectivity index (χ3v) is 2.48. The first-order valence-electron chi connectivity index (χ1n) is 6.33. The van der Waals surface area contributed by atoms with Gasteiger partial charge in [0.2, 0.25) is 5.82 Å². The van der Waals surface area contributed by atoms with Crippen molar-refractivity contribution in [3.63, 3.8) is 0 Å². The molecule has 2 rings (SSSR count). The molecule has 138 valence electrons. The lowest BCUT2D eigenvalue weighted by atomic mass is 10.2. The number of anilines is 1. The van der Waals surface area contributed by atoms with Crippen LogP contribution in [0.4, 0.5) is 32.0 Å². The molecule has 0 atom stereocenters. The molecule has 2 N–H and O–H groups in total. The Morgan fingerprint density at radius 3 is 2.31 bits per heavy atom. The van der Waals surface area contributed by atoms with Crippen molar-refractivity contribution >= 4 is 11.3 Å². The van der Waals surface area contributed by atoms with Gasteiger partial charge < -0.3 is 14.8 Å². The van der Waals surface area contributed by atoms with E-state index in [9.17, 15) is 26.3 Å². The van der Waals surface area contributed by atoms with Gasteiger partial charge in [-0.05, 0) is 17.3 Å². The Morgan fingerprint density at radius 2 is 1.77 bits per heavy atom. The predicted molar refractivity (Wildman–Crippen MR) is 71.2 cm³/mol. The maximum Gasteiger partial charge on any atom is 0.573 e. The molecule has 0 spiro atoms. The second kappa shape index (κ2) is 7.17. The Morgan fingerprint density at radius 1 is 1.12 bits per heavy atom. The molecule has 0 aliphatic rings. The average molecular weight is 380 g/mol. The number of nitrogens with zero attached hydrogens (tertiary/aromatic N) is 4. The van der Waals surface area contributed by atoms with Crippen LogP contribution in [0.2, 0.25) is 0 Å². The van der Waals surface area contributed by atoms with E-state index in [1.165, 1.54) is 0 Å². The number of H-pyrrole nitrogens is 1. The number of aromatic amines is 1. The highest BCUT2D eigenvalue weighted by molar-refractivity contribution is 5.74. The molecule has 0 radical (unpaired) electrons. The number of alkyl halides is 6. The molecule has 0 saturated heterocycles. The number of rotatable bonds is 5. The number of allylic oxidation sites excluding steroid dienone is 1. The lowest BCUT2D eigenvalue weighted by Gasteiger charge is -2.16. The topological polar surface area (TPSA) is 109 Å². The summed E-state index contributed by atoms with van der Waals surface area (Å²) in [5, 5.41) is 23.7. The van der Waals surface area contributed by atoms with Gasteiger partial charge in [0.05, 0.1) is 0 Å². The van der Waals surface area contributed by atoms with Gasteiger partial charge in [0.1, 0.15) is 11.6 Å². The van der Waals surface area contributed by atoms with Gasteiger partial charge in [0.25, 0.3) is 0 Å². The standard InChI is InChI=1S/C12H6F6N6O2/c13-11(14,15)25-8-2-1-7(3-9(8)26-12(16,17)18)20-5-6(4-19)10-21-23-24-22-10/h1-3,5,20H,(H,21,22,23,24). The first-order chi connectivity index (χ1) is 12.1. The fraction of sp³-hybridized carbons (Fsp3) is 0.167. The molecule has 0 amide bonds. The molecule has 8 nitrogen and oxygen atoms in total. The van der Waals surface area contributed by atoms with Crippen molar-refractivity contribution in [1.82, 2.24) is 20.6 Å². The van der Waals surface area contributed by atoms with Crippen LogP contribution >= 0.6 is 0 Å². The molecule has 1 heterocycles. The van der Waals surface area contributed by atoms with E-state index in [1.54, 1.807) is 6.07 Å². The summed E-state index contributed by atoms with van der Waals surface area (Å²) in [6, 6.07) is 3.90. The van der Waals surface area contributed by atoms with Crippen molar-refractivity contribution in [2.24, 2.45) is 0 Å². The van der Waals surface area contributed by atoms with E-state index in [1.807, 2.05) is 0 Å². The molecule has 14 heteroatoms. The minimum absolute atomic E-state index is 0.108. The minimum Gasteiger partial charge on any atom is -0.402 e. The van der Waals surface area contributed by atoms with E-state index in [0.29, 0.717) is 12.1 Å². The van der Waals surface area contributed by atoms with E-state index in [2.05, 4.69) is 35.4 Å². The number of nitriles is 1. The summed E-state index contributed by atoms with van der Waals surface area (Å²) >= 11 is 0. The SMILES string of the molecule is N#CC(=CNc1ccc(OC(F)(F)F)c(OC(F)(F)F)c1)c1nn[nH]n1. The first-order valence-corrected chi connectivity index (χ1v) is 6.33. The molecule has 0 aliphatic carbocycles. The van der Waals surface area contributed by atoms with Crippen molar-refractivity contribution in [3.05, 3.63) is 30.2 Å². The van der Waals surface area contributed by atoms with Crippen LogP contribution in [-0.4, -0.2) is 33.3 Å². The zero-order valence-corrected chi connectivity index (χ0v) is 12.2. The zero-order valence-electron chi connectivity index (χ0n) is 12.2. The number of tetrazole rings is 1. The summed E-state index contributed by atoms with van der Waals surface area (Å²) in [6.45, 7) is 0. The van der Waals surface area contributed by atoms with Crippen molar-refractivity contribution in [2.45, 2.75) is 12.7 Å². The number of nitrogens with one attached hydrogen (secondary N) is 2. The van der Waals surface area contributed by atoms with Crippen LogP contribution in [-0.2, 0) is 0 Å². The minimum atomic E-state index is -5.25. The first kappa shape index (κ1) is 18.8. The Balaban J connectivity index is 2.29. The molecular formula is C12H6F6N6O2. The number of hydrogen-bond acceptors (Lipinski definition) is 7. The van der Waals surface area contributed by atoms with Crippen LogP contribution in [0.1, 0.15) is 5.82 Å². The van der Waals surface area contributed by atoms with Crippen molar-refractivity contribution in [2.75, 3.05) is 5.32 Å². The van der Waals surface area contributed by atoms with Crippen LogP contribution in [0, 0.1) is 11.3 Å². The molecule has 1 aromatic heterocycles. The number of halogens is 6. The van der Waals surface area contributed by atoms with Crippen LogP contribution in [0.5, 0.6) is 11.5 Å². The monoisotopic (exact) mass is 380 g/mol. The van der Waals surface area contributed by atoms with E-state index in [4.69, 9.17) is 5.26 Å². The van der Waals surface area contributed by atoms with Crippen LogP contribution in [0.15, 0.2) is 24.4 Å². The lowest BCUT2D eigenvalue weighted by Crippen LogP contribution is -2.21. The van der Waals surface area contributed by atoms with Crippen molar-refractivity contribution in [1.29, 1.82) is 5.26 Å². The van der Waals surface area contributed by atoms with Gasteiger partial charge in [-0.15, -0.1) is 36.5 Å². The summed E-state index contributed by atoms with van der Waals surface area (Å²) in [7, 11) is 0. The Kier molecular flexibility index (Phi) is 5.19. The number of aromatic nitrogens is 4. The number of benzene rings is 1. The average Bonchev–Trinajstić information content (AvgIpc) is 3.02. The highest BCUT2D eigenvalue weighted by Gasteiger charge is 2.36. The summed E-state index contributed by atoms with van der Waals surface area (Å²) in [5.41, 5.74) is -0.275. The molecule has 0 saturated carbocycles. The van der Waals surface area contributed by atoms with Gasteiger partial charge in [-0.2, -0.15) is 10.5 Å². The van der Waals surface area contributed by atoms with Crippen LogP contribution < -0.4 is 14.8 Å². The maximum atomic E-state index is 12.4. The fourth-order valence-electron chi connectivity index (χ4n) is 1.59. The lowest BCUT2D eigenvalue weighted by molar-refractivity contribution is -0.287. The van der Waals surface area contributed by atoms with Gasteiger partial charge in [0, 0.05) is 18.0 Å². The van der Waals surface area contributed by atoms with E-state index in [-0.39, 0.29) is 17.1 Å². The number of hydrogen-bond donors (Lipinski definition) is 2. The van der Waals surface area contributed by atoms with Gasteiger partial charge in [-0.1, -0.05) is 0 Å². The normalized spacial score (nSPS) is 12.4. The summed E-state index contributed by atoms with van der Waals surface area (Å²) in [6.07, 6.45) is -9.45. The highest BCUT2D eigenvalue weighted by atomic mass is 19.4. The van der Waals surface area contributed by atoms with Crippen LogP contribution in [0.3, 0.4) is 0 Å². The van der Waals surface area contributed by atoms with Crippen molar-refractivity contribution < 1.29 is 35.8 Å². The molecule has 1 aromatic carbocycles. The third-order valence-electron chi connectivity index (χ3n) is 2.48. The Labute approximate surface area is 140 Å². The molecular weight excluding hydrogens is 374 g/mol. The highest BCUT2D eigenvalue weighted by Crippen LogP contribution is 2.37. The molecule has 0 bridgehead atoms. The van der Waals surface area contributed by atoms with E-state index >= 15 is 0 Å². The van der Waals surface area contributed by atoms with E-state index < -0.39 is 24.2 Å². The third kappa shape index (κ3) is 5.54. The van der Waals surface area contributed by atoms with Crippen molar-refractivity contribution in [3.8, 4) is 17.6 Å². The summed E-state index contributed by atoms with van der Waals surface area (Å²) in [5.74, 6) is -2.53. The van der Waals surface area contributed by atoms with Gasteiger partial charge in [-0.25, -0.2) is 0 Å². The second-order valence-electron chi connectivity index (χ2n) is 4.31. The molecule has 26 heavy (non-hydrogen) atoms. The molecule has 0 aliphatic heterocycles. The quantitative estimate of drug-likeness (QED) is 0.606. The molecule has 0 fully saturated rings. The van der Waals surface area contributed by atoms with Gasteiger partial charge in [0.15, 0.2) is 11.5 Å². The summed E-state index contributed by atoms with van der Waals surface area (Å²) < 4.78 is 81.0. The Hall–Kier alpha value is -3.50.